The molecule has 11 nitrogen and oxygen atoms in total. The van der Waals surface area contributed by atoms with Gasteiger partial charge in [-0.2, -0.15) is 0 Å². The van der Waals surface area contributed by atoms with Gasteiger partial charge < -0.3 is 43.4 Å². The molecule has 246 valence electrons. The van der Waals surface area contributed by atoms with Crippen molar-refractivity contribution < 1.29 is 53.0 Å². The summed E-state index contributed by atoms with van der Waals surface area (Å²) in [4.78, 5) is 36.8. The highest BCUT2D eigenvalue weighted by Gasteiger charge is 2.71. The van der Waals surface area contributed by atoms with E-state index in [0.29, 0.717) is 38.5 Å². The predicted octanol–water partition coefficient (Wildman–Crippen LogP) is 2.63. The van der Waals surface area contributed by atoms with E-state index in [4.69, 9.17) is 28.4 Å². The van der Waals surface area contributed by atoms with Crippen LogP contribution in [0, 0.1) is 28.6 Å². The molecule has 2 N–H and O–H groups in total. The van der Waals surface area contributed by atoms with Crippen LogP contribution in [0.15, 0.2) is 11.6 Å². The molecule has 11 heteroatoms. The number of rotatable bonds is 7. The molecule has 0 spiro atoms. The Morgan fingerprint density at radius 3 is 2.36 bits per heavy atom. The predicted molar refractivity (Wildman–Crippen MR) is 154 cm³/mol. The molecule has 4 saturated carbocycles. The number of aliphatic hydroxyl groups is 2. The van der Waals surface area contributed by atoms with Crippen LogP contribution in [0.25, 0.3) is 0 Å². The summed E-state index contributed by atoms with van der Waals surface area (Å²) in [6.07, 6.45) is 3.86. The first-order valence-electron chi connectivity index (χ1n) is 16.2. The number of carbonyl (C=O) groups is 3. The maximum atomic E-state index is 13.2. The summed E-state index contributed by atoms with van der Waals surface area (Å²) in [6.45, 7) is 5.55. The van der Waals surface area contributed by atoms with Gasteiger partial charge in [-0.25, -0.2) is 4.79 Å². The van der Waals surface area contributed by atoms with Crippen LogP contribution in [0.3, 0.4) is 0 Å². The smallest absolute Gasteiger partial charge is 0.331 e. The maximum absolute atomic E-state index is 13.2. The van der Waals surface area contributed by atoms with Gasteiger partial charge >= 0.3 is 11.9 Å². The first-order valence-corrected chi connectivity index (χ1v) is 16.2. The van der Waals surface area contributed by atoms with Gasteiger partial charge in [0.25, 0.3) is 0 Å². The molecule has 4 aliphatic carbocycles. The maximum Gasteiger partial charge on any atom is 0.331 e. The molecule has 0 bridgehead atoms. The molecule has 0 aromatic heterocycles. The number of hydrogen-bond donors (Lipinski definition) is 2. The minimum atomic E-state index is -1.29. The number of hydrogen-bond acceptors (Lipinski definition) is 11. The summed E-state index contributed by atoms with van der Waals surface area (Å²) in [5, 5.41) is 24.8. The van der Waals surface area contributed by atoms with Crippen molar-refractivity contribution in [2.24, 2.45) is 28.6 Å². The van der Waals surface area contributed by atoms with Crippen molar-refractivity contribution in [3.8, 4) is 0 Å². The zero-order chi connectivity index (χ0) is 31.7. The highest BCUT2D eigenvalue weighted by atomic mass is 16.7. The van der Waals surface area contributed by atoms with Crippen molar-refractivity contribution in [2.45, 2.75) is 127 Å². The van der Waals surface area contributed by atoms with Gasteiger partial charge in [0, 0.05) is 39.1 Å². The van der Waals surface area contributed by atoms with Crippen molar-refractivity contribution >= 4 is 18.2 Å². The summed E-state index contributed by atoms with van der Waals surface area (Å²) >= 11 is 0. The molecule has 2 aliphatic heterocycles. The van der Waals surface area contributed by atoms with E-state index in [1.54, 1.807) is 13.0 Å². The van der Waals surface area contributed by atoms with Gasteiger partial charge in [-0.15, -0.1) is 0 Å². The number of ether oxygens (including phenoxy) is 6. The molecule has 44 heavy (non-hydrogen) atoms. The van der Waals surface area contributed by atoms with E-state index < -0.39 is 64.8 Å². The topological polar surface area (TPSA) is 147 Å². The molecule has 0 radical (unpaired) electrons. The molecule has 1 saturated heterocycles. The lowest BCUT2D eigenvalue weighted by atomic mass is 9.41. The van der Waals surface area contributed by atoms with Gasteiger partial charge in [-0.3, -0.25) is 4.79 Å². The normalized spacial score (nSPS) is 50.1. The molecule has 0 aromatic rings. The van der Waals surface area contributed by atoms with Crippen molar-refractivity contribution in [3.63, 3.8) is 0 Å². The average Bonchev–Trinajstić information content (AvgIpc) is 3.52. The van der Waals surface area contributed by atoms with Gasteiger partial charge in [0.2, 0.25) is 0 Å². The van der Waals surface area contributed by atoms with Crippen LogP contribution in [0.1, 0.15) is 78.6 Å². The largest absolute Gasteiger partial charge is 0.458 e. The first kappa shape index (κ1) is 32.1. The molecule has 6 aliphatic rings. The van der Waals surface area contributed by atoms with Crippen LogP contribution in [-0.4, -0.2) is 97.3 Å². The number of carbonyl (C=O) groups excluding carboxylic acids is 3. The third kappa shape index (κ3) is 4.63. The summed E-state index contributed by atoms with van der Waals surface area (Å²) < 4.78 is 34.7. The number of fused-ring (bicyclic) bond motifs is 5. The van der Waals surface area contributed by atoms with Crippen molar-refractivity contribution in [3.05, 3.63) is 11.6 Å². The fourth-order valence-corrected chi connectivity index (χ4v) is 10.6. The second-order valence-electron chi connectivity index (χ2n) is 14.4. The lowest BCUT2D eigenvalue weighted by Gasteiger charge is -2.65. The van der Waals surface area contributed by atoms with E-state index >= 15 is 0 Å². The molecule has 5 fully saturated rings. The van der Waals surface area contributed by atoms with Crippen LogP contribution in [-0.2, 0) is 42.8 Å². The van der Waals surface area contributed by atoms with E-state index in [1.165, 1.54) is 21.1 Å². The highest BCUT2D eigenvalue weighted by molar-refractivity contribution is 5.85. The van der Waals surface area contributed by atoms with Gasteiger partial charge in [-0.05, 0) is 81.6 Å². The average molecular weight is 621 g/mol. The minimum Gasteiger partial charge on any atom is -0.458 e. The number of methoxy groups -OCH3 is 2. The van der Waals surface area contributed by atoms with Crippen LogP contribution in [0.2, 0.25) is 0 Å². The number of cyclic esters (lactones) is 1. The monoisotopic (exact) mass is 620 g/mol. The third-order valence-corrected chi connectivity index (χ3v) is 12.7. The lowest BCUT2D eigenvalue weighted by molar-refractivity contribution is -0.324. The molecule has 13 atom stereocenters. The Labute approximate surface area is 258 Å². The van der Waals surface area contributed by atoms with Gasteiger partial charge in [0.05, 0.1) is 28.8 Å². The van der Waals surface area contributed by atoms with E-state index in [9.17, 15) is 24.6 Å². The van der Waals surface area contributed by atoms with Crippen molar-refractivity contribution in [1.82, 2.24) is 0 Å². The molecular weight excluding hydrogens is 572 g/mol. The van der Waals surface area contributed by atoms with Gasteiger partial charge in [0.1, 0.15) is 25.1 Å². The Balaban J connectivity index is 1.20. The minimum absolute atomic E-state index is 0.0556. The van der Waals surface area contributed by atoms with Crippen molar-refractivity contribution in [2.75, 3.05) is 20.8 Å². The first-order chi connectivity index (χ1) is 20.9. The molecule has 0 aromatic carbocycles. The second-order valence-corrected chi connectivity index (χ2v) is 14.4. The van der Waals surface area contributed by atoms with E-state index in [2.05, 4.69) is 6.92 Å². The summed E-state index contributed by atoms with van der Waals surface area (Å²) in [6, 6.07) is 0. The molecule has 6 rings (SSSR count). The fourth-order valence-electron chi connectivity index (χ4n) is 10.6. The van der Waals surface area contributed by atoms with Crippen LogP contribution in [0.5, 0.6) is 0 Å². The standard InChI is InChI=1S/C33H48O11/c1-18-26(43-19(2)35)27(39-4)28(40-5)29(42-18)44-21-6-11-31(17-34)23-7-10-30(3)22(20-14-25(36)41-16-20)9-13-33(30,38)24(23)8-12-32(31,37)15-21/h14,17-18,21-24,26-29,37-38H,6-13,15-16H2,1-5H3. The fraction of sp³-hybridized carbons (Fsp3) is 0.848. The quantitative estimate of drug-likeness (QED) is 0.246. The van der Waals surface area contributed by atoms with E-state index in [-0.39, 0.29) is 36.8 Å². The van der Waals surface area contributed by atoms with Crippen LogP contribution < -0.4 is 0 Å². The summed E-state index contributed by atoms with van der Waals surface area (Å²) in [5.74, 6) is -1.00. The number of aldehydes is 1. The molecule has 0 amide bonds. The van der Waals surface area contributed by atoms with E-state index in [1.807, 2.05) is 0 Å². The lowest BCUT2D eigenvalue weighted by Crippen LogP contribution is -2.69. The molecule has 2 heterocycles. The zero-order valence-electron chi connectivity index (χ0n) is 26.5. The van der Waals surface area contributed by atoms with E-state index in [0.717, 1.165) is 24.7 Å². The Morgan fingerprint density at radius 2 is 1.73 bits per heavy atom. The Kier molecular flexibility index (Phi) is 8.32. The second kappa shape index (κ2) is 11.4. The number of esters is 2. The van der Waals surface area contributed by atoms with Crippen molar-refractivity contribution in [1.29, 1.82) is 0 Å². The third-order valence-electron chi connectivity index (χ3n) is 12.7. The summed E-state index contributed by atoms with van der Waals surface area (Å²) in [7, 11) is 3.05. The molecule has 13 unspecified atom stereocenters. The van der Waals surface area contributed by atoms with Gasteiger partial charge in [-0.1, -0.05) is 6.92 Å². The summed E-state index contributed by atoms with van der Waals surface area (Å²) in [5.41, 5.74) is -2.75. The Morgan fingerprint density at radius 1 is 1.00 bits per heavy atom. The zero-order valence-corrected chi connectivity index (χ0v) is 26.5. The Bertz CT molecular complexity index is 1190. The Hall–Kier alpha value is -1.89. The van der Waals surface area contributed by atoms with Gasteiger partial charge in [0.15, 0.2) is 12.4 Å². The highest BCUT2D eigenvalue weighted by Crippen LogP contribution is 2.70. The van der Waals surface area contributed by atoms with Crippen LogP contribution in [0.4, 0.5) is 0 Å². The molecular formula is C33H48O11. The van der Waals surface area contributed by atoms with Crippen LogP contribution >= 0.6 is 0 Å². The SMILES string of the molecule is COC1C(OC2CCC3(C=O)C4CCC5(C)C(C6=CC(=O)OC6)CCC5(O)C4CCC3(O)C2)OC(C)C(OC(C)=O)C1OC.